The molecule has 1 aromatic heterocycles. The van der Waals surface area contributed by atoms with E-state index in [1.165, 1.54) is 11.1 Å². The molecule has 0 saturated carbocycles. The minimum absolute atomic E-state index is 0.702. The zero-order valence-corrected chi connectivity index (χ0v) is 11.0. The molecule has 0 bridgehead atoms. The highest BCUT2D eigenvalue weighted by Crippen LogP contribution is 2.17. The maximum atomic E-state index is 5.41. The molecule has 3 heteroatoms. The number of anilines is 1. The fraction of sp³-hybridized carbons (Fsp3) is 0.231. The molecule has 1 N–H and O–H groups in total. The monoisotopic (exact) mass is 279 g/mol. The normalized spacial score (nSPS) is 10.4. The van der Waals surface area contributed by atoms with Crippen molar-refractivity contribution >= 4 is 21.6 Å². The van der Waals surface area contributed by atoms with E-state index in [1.807, 2.05) is 12.1 Å². The summed E-state index contributed by atoms with van der Waals surface area (Å²) < 4.78 is 6.18. The van der Waals surface area contributed by atoms with E-state index < -0.39 is 0 Å². The van der Waals surface area contributed by atoms with Gasteiger partial charge in [-0.15, -0.1) is 0 Å². The predicted octanol–water partition coefficient (Wildman–Crippen LogP) is 4.27. The van der Waals surface area contributed by atoms with E-state index >= 15 is 0 Å². The highest BCUT2D eigenvalue weighted by atomic mass is 79.9. The van der Waals surface area contributed by atoms with Crippen LogP contribution in [0.3, 0.4) is 0 Å². The van der Waals surface area contributed by atoms with E-state index in [-0.39, 0.29) is 0 Å². The van der Waals surface area contributed by atoms with Crippen molar-refractivity contribution < 1.29 is 4.42 Å². The van der Waals surface area contributed by atoms with Crippen LogP contribution in [0.25, 0.3) is 0 Å². The van der Waals surface area contributed by atoms with Crippen LogP contribution in [0.4, 0.5) is 5.69 Å². The van der Waals surface area contributed by atoms with Crippen molar-refractivity contribution in [1.82, 2.24) is 0 Å². The first-order valence-corrected chi connectivity index (χ1v) is 6.00. The maximum Gasteiger partial charge on any atom is 0.169 e. The molecule has 0 unspecified atom stereocenters. The van der Waals surface area contributed by atoms with Crippen molar-refractivity contribution in [3.05, 3.63) is 51.9 Å². The van der Waals surface area contributed by atoms with Crippen LogP contribution in [0, 0.1) is 13.8 Å². The topological polar surface area (TPSA) is 25.2 Å². The van der Waals surface area contributed by atoms with E-state index in [0.29, 0.717) is 6.54 Å². The summed E-state index contributed by atoms with van der Waals surface area (Å²) in [4.78, 5) is 0. The minimum Gasteiger partial charge on any atom is -0.452 e. The summed E-state index contributed by atoms with van der Waals surface area (Å²) >= 11 is 3.29. The molecule has 84 valence electrons. The fourth-order valence-electron chi connectivity index (χ4n) is 1.49. The van der Waals surface area contributed by atoms with Crippen molar-refractivity contribution in [3.8, 4) is 0 Å². The predicted molar refractivity (Wildman–Crippen MR) is 69.7 cm³/mol. The first-order chi connectivity index (χ1) is 7.65. The minimum atomic E-state index is 0.702. The molecule has 0 radical (unpaired) electrons. The number of hydrogen-bond donors (Lipinski definition) is 1. The summed E-state index contributed by atoms with van der Waals surface area (Å²) in [5, 5.41) is 3.33. The molecular formula is C13H14BrNO. The number of rotatable bonds is 3. The van der Waals surface area contributed by atoms with Crippen molar-refractivity contribution in [2.24, 2.45) is 0 Å². The Morgan fingerprint density at radius 2 is 1.94 bits per heavy atom. The second kappa shape index (κ2) is 4.74. The molecule has 1 aromatic carbocycles. The molecule has 0 aliphatic heterocycles. The molecule has 2 rings (SSSR count). The molecule has 0 amide bonds. The number of aryl methyl sites for hydroxylation is 2. The molecular weight excluding hydrogens is 266 g/mol. The van der Waals surface area contributed by atoms with Gasteiger partial charge >= 0.3 is 0 Å². The zero-order valence-electron chi connectivity index (χ0n) is 9.38. The number of hydrogen-bond acceptors (Lipinski definition) is 2. The molecule has 1 heterocycles. The van der Waals surface area contributed by atoms with Crippen molar-refractivity contribution in [3.63, 3.8) is 0 Å². The third-order valence-corrected chi connectivity index (χ3v) is 3.03. The third-order valence-electron chi connectivity index (χ3n) is 2.60. The Labute approximate surface area is 104 Å². The average molecular weight is 280 g/mol. The van der Waals surface area contributed by atoms with E-state index in [0.717, 1.165) is 16.1 Å². The zero-order chi connectivity index (χ0) is 11.5. The van der Waals surface area contributed by atoms with E-state index in [4.69, 9.17) is 4.42 Å². The van der Waals surface area contributed by atoms with Crippen LogP contribution < -0.4 is 5.32 Å². The molecule has 0 aliphatic carbocycles. The van der Waals surface area contributed by atoms with Gasteiger partial charge in [0.1, 0.15) is 5.76 Å². The molecule has 0 spiro atoms. The average Bonchev–Trinajstić information content (AvgIpc) is 2.66. The molecule has 0 atom stereocenters. The van der Waals surface area contributed by atoms with Crippen LogP contribution in [0.15, 0.2) is 39.4 Å². The van der Waals surface area contributed by atoms with Gasteiger partial charge in [-0.2, -0.15) is 0 Å². The lowest BCUT2D eigenvalue weighted by Gasteiger charge is -2.07. The molecule has 2 nitrogen and oxygen atoms in total. The van der Waals surface area contributed by atoms with Gasteiger partial charge in [0.25, 0.3) is 0 Å². The molecule has 0 aliphatic rings. The van der Waals surface area contributed by atoms with Gasteiger partial charge in [0, 0.05) is 5.69 Å². The van der Waals surface area contributed by atoms with Gasteiger partial charge in [0.15, 0.2) is 4.67 Å². The lowest BCUT2D eigenvalue weighted by Crippen LogP contribution is -1.98. The van der Waals surface area contributed by atoms with Crippen molar-refractivity contribution in [2.45, 2.75) is 20.4 Å². The van der Waals surface area contributed by atoms with Crippen LogP contribution in [-0.2, 0) is 6.54 Å². The first kappa shape index (κ1) is 11.3. The molecule has 16 heavy (non-hydrogen) atoms. The van der Waals surface area contributed by atoms with Crippen LogP contribution in [0.5, 0.6) is 0 Å². The largest absolute Gasteiger partial charge is 0.452 e. The quantitative estimate of drug-likeness (QED) is 0.908. The van der Waals surface area contributed by atoms with Crippen molar-refractivity contribution in [1.29, 1.82) is 0 Å². The second-order valence-corrected chi connectivity index (χ2v) is 4.64. The molecule has 2 aromatic rings. The summed E-state index contributed by atoms with van der Waals surface area (Å²) in [6, 6.07) is 10.2. The lowest BCUT2D eigenvalue weighted by molar-refractivity contribution is 0.495. The summed E-state index contributed by atoms with van der Waals surface area (Å²) in [5.41, 5.74) is 3.73. The number of benzene rings is 1. The summed E-state index contributed by atoms with van der Waals surface area (Å²) in [7, 11) is 0. The van der Waals surface area contributed by atoms with Crippen LogP contribution in [-0.4, -0.2) is 0 Å². The number of nitrogens with one attached hydrogen (secondary N) is 1. The Morgan fingerprint density at radius 3 is 2.56 bits per heavy atom. The molecule has 0 saturated heterocycles. The second-order valence-electron chi connectivity index (χ2n) is 3.86. The molecule has 0 fully saturated rings. The van der Waals surface area contributed by atoms with Gasteiger partial charge in [0.05, 0.1) is 6.54 Å². The summed E-state index contributed by atoms with van der Waals surface area (Å²) in [6.45, 7) is 4.93. The maximum absolute atomic E-state index is 5.41. The Hall–Kier alpha value is -1.22. The SMILES string of the molecule is Cc1ccc(NCc2ccc(Br)o2)cc1C. The van der Waals surface area contributed by atoms with Gasteiger partial charge < -0.3 is 9.73 Å². The highest BCUT2D eigenvalue weighted by Gasteiger charge is 2.00. The van der Waals surface area contributed by atoms with E-state index in [1.54, 1.807) is 0 Å². The van der Waals surface area contributed by atoms with E-state index in [9.17, 15) is 0 Å². The third kappa shape index (κ3) is 2.67. The smallest absolute Gasteiger partial charge is 0.169 e. The van der Waals surface area contributed by atoms with Crippen LogP contribution in [0.1, 0.15) is 16.9 Å². The standard InChI is InChI=1S/C13H14BrNO/c1-9-3-4-11(7-10(9)2)15-8-12-5-6-13(14)16-12/h3-7,15H,8H2,1-2H3. The van der Waals surface area contributed by atoms with Crippen LogP contribution in [0.2, 0.25) is 0 Å². The van der Waals surface area contributed by atoms with Gasteiger partial charge in [-0.3, -0.25) is 0 Å². The number of halogens is 1. The number of furan rings is 1. The van der Waals surface area contributed by atoms with Gasteiger partial charge in [0.2, 0.25) is 0 Å². The Bertz CT molecular complexity index is 490. The van der Waals surface area contributed by atoms with Crippen molar-refractivity contribution in [2.75, 3.05) is 5.32 Å². The Kier molecular flexibility index (Phi) is 3.34. The summed E-state index contributed by atoms with van der Waals surface area (Å²) in [5.74, 6) is 0.921. The van der Waals surface area contributed by atoms with Gasteiger partial charge in [-0.1, -0.05) is 6.07 Å². The van der Waals surface area contributed by atoms with Crippen LogP contribution >= 0.6 is 15.9 Å². The summed E-state index contributed by atoms with van der Waals surface area (Å²) in [6.07, 6.45) is 0. The lowest BCUT2D eigenvalue weighted by atomic mass is 10.1. The Morgan fingerprint density at radius 1 is 1.12 bits per heavy atom. The fourth-order valence-corrected chi connectivity index (χ4v) is 1.83. The van der Waals surface area contributed by atoms with E-state index in [2.05, 4.69) is 53.3 Å². The highest BCUT2D eigenvalue weighted by molar-refractivity contribution is 9.10. The van der Waals surface area contributed by atoms with Gasteiger partial charge in [-0.25, -0.2) is 0 Å². The first-order valence-electron chi connectivity index (χ1n) is 5.20. The van der Waals surface area contributed by atoms with Gasteiger partial charge in [-0.05, 0) is 65.2 Å². The Balaban J connectivity index is 2.02.